The lowest BCUT2D eigenvalue weighted by molar-refractivity contribution is -0.128. The lowest BCUT2D eigenvalue weighted by atomic mass is 10.0. The number of ether oxygens (including phenoxy) is 1. The molecule has 0 aromatic rings. The molecular weight excluding hydrogens is 180 g/mol. The first-order valence-electron chi connectivity index (χ1n) is 5.46. The van der Waals surface area contributed by atoms with Crippen molar-refractivity contribution in [3.05, 3.63) is 0 Å². The third-order valence-corrected chi connectivity index (χ3v) is 2.93. The van der Waals surface area contributed by atoms with Crippen molar-refractivity contribution in [3.8, 4) is 0 Å². The fourth-order valence-electron chi connectivity index (χ4n) is 1.79. The van der Waals surface area contributed by atoms with Crippen LogP contribution >= 0.6 is 0 Å². The summed E-state index contributed by atoms with van der Waals surface area (Å²) in [4.78, 5) is 11.5. The summed E-state index contributed by atoms with van der Waals surface area (Å²) in [5.41, 5.74) is 0. The number of rotatable bonds is 3. The normalized spacial score (nSPS) is 29.1. The highest BCUT2D eigenvalue weighted by atomic mass is 16.5. The van der Waals surface area contributed by atoms with Gasteiger partial charge in [0.2, 0.25) is 5.91 Å². The van der Waals surface area contributed by atoms with Crippen molar-refractivity contribution in [2.75, 3.05) is 26.2 Å². The van der Waals surface area contributed by atoms with Gasteiger partial charge in [0, 0.05) is 19.6 Å². The molecule has 2 saturated heterocycles. The van der Waals surface area contributed by atoms with Crippen molar-refractivity contribution >= 4 is 5.91 Å². The lowest BCUT2D eigenvalue weighted by Gasteiger charge is -2.28. The summed E-state index contributed by atoms with van der Waals surface area (Å²) in [5.74, 6) is 0.257. The highest BCUT2D eigenvalue weighted by Crippen LogP contribution is 2.14. The zero-order valence-corrected chi connectivity index (χ0v) is 8.42. The van der Waals surface area contributed by atoms with Crippen LogP contribution in [-0.4, -0.2) is 38.3 Å². The summed E-state index contributed by atoms with van der Waals surface area (Å²) in [6.45, 7) is 3.31. The minimum Gasteiger partial charge on any atom is -0.375 e. The van der Waals surface area contributed by atoms with Gasteiger partial charge in [0.25, 0.3) is 0 Å². The van der Waals surface area contributed by atoms with E-state index in [-0.39, 0.29) is 11.8 Å². The Morgan fingerprint density at radius 1 is 1.36 bits per heavy atom. The monoisotopic (exact) mass is 198 g/mol. The second-order valence-corrected chi connectivity index (χ2v) is 4.10. The van der Waals surface area contributed by atoms with Crippen molar-refractivity contribution in [2.24, 2.45) is 5.92 Å². The van der Waals surface area contributed by atoms with Crippen molar-refractivity contribution in [1.82, 2.24) is 10.6 Å². The maximum Gasteiger partial charge on any atom is 0.225 e. The standard InChI is InChI=1S/C10H18N2O2/c13-10-8(3-1-2-4-12-10)7-14-9-5-11-6-9/h8-9,11H,1-7H2,(H,12,13). The predicted octanol–water partition coefficient (Wildman–Crippen LogP) is -0.109. The molecule has 0 radical (unpaired) electrons. The lowest BCUT2D eigenvalue weighted by Crippen LogP contribution is -2.49. The molecular formula is C10H18N2O2. The number of nitrogens with one attached hydrogen (secondary N) is 2. The molecule has 4 heteroatoms. The molecule has 2 heterocycles. The fourth-order valence-corrected chi connectivity index (χ4v) is 1.79. The summed E-state index contributed by atoms with van der Waals surface area (Å²) in [5, 5.41) is 6.07. The average molecular weight is 198 g/mol. The minimum absolute atomic E-state index is 0.0816. The van der Waals surface area contributed by atoms with Gasteiger partial charge in [-0.1, -0.05) is 6.42 Å². The van der Waals surface area contributed by atoms with Crippen LogP contribution in [0.3, 0.4) is 0 Å². The maximum absolute atomic E-state index is 11.5. The van der Waals surface area contributed by atoms with Crippen molar-refractivity contribution in [2.45, 2.75) is 25.4 Å². The third-order valence-electron chi connectivity index (χ3n) is 2.93. The van der Waals surface area contributed by atoms with Gasteiger partial charge in [-0.05, 0) is 12.8 Å². The van der Waals surface area contributed by atoms with E-state index >= 15 is 0 Å². The van der Waals surface area contributed by atoms with E-state index in [0.717, 1.165) is 38.9 Å². The quantitative estimate of drug-likeness (QED) is 0.665. The van der Waals surface area contributed by atoms with E-state index in [1.807, 2.05) is 0 Å². The van der Waals surface area contributed by atoms with Gasteiger partial charge in [-0.15, -0.1) is 0 Å². The Morgan fingerprint density at radius 3 is 2.93 bits per heavy atom. The molecule has 1 amide bonds. The van der Waals surface area contributed by atoms with Crippen molar-refractivity contribution in [3.63, 3.8) is 0 Å². The van der Waals surface area contributed by atoms with Crippen LogP contribution in [0, 0.1) is 5.92 Å². The second kappa shape index (κ2) is 4.75. The van der Waals surface area contributed by atoms with Gasteiger partial charge in [-0.3, -0.25) is 4.79 Å². The molecule has 2 rings (SSSR count). The number of hydrogen-bond donors (Lipinski definition) is 2. The molecule has 0 aliphatic carbocycles. The Kier molecular flexibility index (Phi) is 3.37. The first-order valence-corrected chi connectivity index (χ1v) is 5.46. The number of carbonyl (C=O) groups excluding carboxylic acids is 1. The van der Waals surface area contributed by atoms with Crippen molar-refractivity contribution < 1.29 is 9.53 Å². The highest BCUT2D eigenvalue weighted by molar-refractivity contribution is 5.78. The summed E-state index contributed by atoms with van der Waals surface area (Å²) < 4.78 is 5.62. The van der Waals surface area contributed by atoms with Crippen LogP contribution in [-0.2, 0) is 9.53 Å². The molecule has 0 spiro atoms. The summed E-state index contributed by atoms with van der Waals surface area (Å²) >= 11 is 0. The van der Waals surface area contributed by atoms with Gasteiger partial charge < -0.3 is 15.4 Å². The van der Waals surface area contributed by atoms with Crippen LogP contribution in [0.1, 0.15) is 19.3 Å². The topological polar surface area (TPSA) is 50.4 Å². The smallest absolute Gasteiger partial charge is 0.225 e. The van der Waals surface area contributed by atoms with Crippen LogP contribution in [0.5, 0.6) is 0 Å². The number of carbonyl (C=O) groups is 1. The predicted molar refractivity (Wildman–Crippen MR) is 53.0 cm³/mol. The summed E-state index contributed by atoms with van der Waals surface area (Å²) in [7, 11) is 0. The zero-order valence-electron chi connectivity index (χ0n) is 8.42. The molecule has 0 aromatic carbocycles. The van der Waals surface area contributed by atoms with Gasteiger partial charge in [-0.25, -0.2) is 0 Å². The first-order chi connectivity index (χ1) is 6.86. The minimum atomic E-state index is 0.0816. The molecule has 2 aliphatic heterocycles. The summed E-state index contributed by atoms with van der Waals surface area (Å²) in [6, 6.07) is 0. The van der Waals surface area contributed by atoms with Crippen LogP contribution in [0.15, 0.2) is 0 Å². The van der Waals surface area contributed by atoms with Crippen LogP contribution in [0.25, 0.3) is 0 Å². The zero-order chi connectivity index (χ0) is 9.80. The Labute approximate surface area is 84.4 Å². The SMILES string of the molecule is O=C1NCCCCC1COC1CNC1. The Bertz CT molecular complexity index is 204. The third kappa shape index (κ3) is 2.45. The molecule has 0 bridgehead atoms. The molecule has 80 valence electrons. The second-order valence-electron chi connectivity index (χ2n) is 4.10. The van der Waals surface area contributed by atoms with Crippen LogP contribution < -0.4 is 10.6 Å². The number of amides is 1. The molecule has 2 fully saturated rings. The molecule has 1 atom stereocenters. The van der Waals surface area contributed by atoms with E-state index < -0.39 is 0 Å². The molecule has 0 saturated carbocycles. The molecule has 2 aliphatic rings. The highest BCUT2D eigenvalue weighted by Gasteiger charge is 2.24. The number of hydrogen-bond acceptors (Lipinski definition) is 3. The Hall–Kier alpha value is -0.610. The van der Waals surface area contributed by atoms with Gasteiger partial charge in [-0.2, -0.15) is 0 Å². The van der Waals surface area contributed by atoms with Gasteiger partial charge >= 0.3 is 0 Å². The van der Waals surface area contributed by atoms with E-state index in [1.165, 1.54) is 0 Å². The molecule has 1 unspecified atom stereocenters. The van der Waals surface area contributed by atoms with Gasteiger partial charge in [0.05, 0.1) is 18.6 Å². The van der Waals surface area contributed by atoms with Crippen LogP contribution in [0.2, 0.25) is 0 Å². The fraction of sp³-hybridized carbons (Fsp3) is 0.900. The Morgan fingerprint density at radius 2 is 2.21 bits per heavy atom. The van der Waals surface area contributed by atoms with Crippen LogP contribution in [0.4, 0.5) is 0 Å². The van der Waals surface area contributed by atoms with E-state index in [0.29, 0.717) is 12.7 Å². The Balaban J connectivity index is 1.73. The largest absolute Gasteiger partial charge is 0.375 e. The molecule has 0 aromatic heterocycles. The van der Waals surface area contributed by atoms with E-state index in [4.69, 9.17) is 4.74 Å². The van der Waals surface area contributed by atoms with Gasteiger partial charge in [0.1, 0.15) is 0 Å². The van der Waals surface area contributed by atoms with Crippen molar-refractivity contribution in [1.29, 1.82) is 0 Å². The van der Waals surface area contributed by atoms with E-state index in [1.54, 1.807) is 0 Å². The summed E-state index contributed by atoms with van der Waals surface area (Å²) in [6.07, 6.45) is 3.56. The van der Waals surface area contributed by atoms with E-state index in [2.05, 4.69) is 10.6 Å². The molecule has 4 nitrogen and oxygen atoms in total. The van der Waals surface area contributed by atoms with Gasteiger partial charge in [0.15, 0.2) is 0 Å². The average Bonchev–Trinajstić information content (AvgIpc) is 2.29. The molecule has 2 N–H and O–H groups in total. The molecule has 14 heavy (non-hydrogen) atoms. The van der Waals surface area contributed by atoms with E-state index in [9.17, 15) is 4.79 Å². The first kappa shape index (κ1) is 9.93. The maximum atomic E-state index is 11.5.